The van der Waals surface area contributed by atoms with Crippen LogP contribution in [0.15, 0.2) is 33.5 Å². The Bertz CT molecular complexity index is 1360. The summed E-state index contributed by atoms with van der Waals surface area (Å²) >= 11 is 21.0. The summed E-state index contributed by atoms with van der Waals surface area (Å²) < 4.78 is 35.6. The molecule has 0 aliphatic carbocycles. The summed E-state index contributed by atoms with van der Waals surface area (Å²) in [6, 6.07) is 6.45. The molecule has 1 aliphatic heterocycles. The van der Waals surface area contributed by atoms with Crippen molar-refractivity contribution in [2.45, 2.75) is 23.6 Å². The number of ether oxygens (including phenoxy) is 1. The van der Waals surface area contributed by atoms with E-state index in [0.717, 1.165) is 16.0 Å². The highest BCUT2D eigenvalue weighted by molar-refractivity contribution is 7.91. The lowest BCUT2D eigenvalue weighted by Gasteiger charge is -2.29. The molecule has 178 valence electrons. The third kappa shape index (κ3) is 5.18. The quantitative estimate of drug-likeness (QED) is 0.424. The van der Waals surface area contributed by atoms with Gasteiger partial charge in [-0.25, -0.2) is 8.42 Å². The van der Waals surface area contributed by atoms with Crippen LogP contribution in [0.3, 0.4) is 0 Å². The fraction of sp³-hybridized carbons (Fsp3) is 0.400. The number of nitrogens with zero attached hydrogens (tertiary/aromatic N) is 3. The summed E-state index contributed by atoms with van der Waals surface area (Å²) in [6.07, 6.45) is 1.13. The van der Waals surface area contributed by atoms with Gasteiger partial charge in [0.2, 0.25) is 0 Å². The second kappa shape index (κ2) is 10.3. The van der Waals surface area contributed by atoms with Gasteiger partial charge in [-0.15, -0.1) is 11.3 Å². The van der Waals surface area contributed by atoms with Crippen molar-refractivity contribution in [3.63, 3.8) is 0 Å². The topological polar surface area (TPSA) is 81.0 Å². The zero-order valence-corrected chi connectivity index (χ0v) is 22.2. The van der Waals surface area contributed by atoms with Crippen molar-refractivity contribution in [1.29, 1.82) is 0 Å². The molecule has 2 aromatic heterocycles. The van der Waals surface area contributed by atoms with Gasteiger partial charge in [0.15, 0.2) is 4.80 Å². The molecule has 0 spiro atoms. The molecule has 1 atom stereocenters. The van der Waals surface area contributed by atoms with E-state index >= 15 is 0 Å². The first-order valence-corrected chi connectivity index (χ1v) is 14.2. The molecule has 0 radical (unpaired) electrons. The van der Waals surface area contributed by atoms with Crippen LogP contribution in [-0.2, 0) is 26.1 Å². The van der Waals surface area contributed by atoms with Gasteiger partial charge in [-0.2, -0.15) is 9.30 Å². The Hall–Kier alpha value is -0.980. The molecule has 1 aromatic carbocycles. The Kier molecular flexibility index (Phi) is 7.86. The molecule has 4 rings (SSSR count). The summed E-state index contributed by atoms with van der Waals surface area (Å²) in [5, 5.41) is 1.02. The summed E-state index contributed by atoms with van der Waals surface area (Å²) in [5.74, 6) is -0.917. The number of carbonyl (C=O) groups is 1. The maximum Gasteiger partial charge on any atom is 0.252 e. The molecular formula is C20H20Cl3N3O4S3. The lowest BCUT2D eigenvalue weighted by molar-refractivity contribution is -0.122. The lowest BCUT2D eigenvalue weighted by Crippen LogP contribution is -2.42. The summed E-state index contributed by atoms with van der Waals surface area (Å²) in [7, 11) is -2.13. The van der Waals surface area contributed by atoms with Gasteiger partial charge in [0, 0.05) is 26.7 Å². The van der Waals surface area contributed by atoms with Crippen LogP contribution in [0, 0.1) is 5.92 Å². The molecule has 33 heavy (non-hydrogen) atoms. The minimum Gasteiger partial charge on any atom is -0.383 e. The number of thiophene rings is 1. The Morgan fingerprint density at radius 3 is 2.64 bits per heavy atom. The minimum atomic E-state index is -3.71. The van der Waals surface area contributed by atoms with Crippen LogP contribution in [0.25, 0.3) is 10.2 Å². The monoisotopic (exact) mass is 567 g/mol. The molecule has 0 bridgehead atoms. The molecule has 0 N–H and O–H groups in total. The number of carbonyl (C=O) groups excluding carboxylic acids is 1. The van der Waals surface area contributed by atoms with E-state index in [9.17, 15) is 13.2 Å². The van der Waals surface area contributed by atoms with E-state index in [1.54, 1.807) is 25.3 Å². The van der Waals surface area contributed by atoms with Crippen LogP contribution in [0.2, 0.25) is 14.4 Å². The van der Waals surface area contributed by atoms with Gasteiger partial charge >= 0.3 is 0 Å². The fourth-order valence-corrected chi connectivity index (χ4v) is 8.54. The number of rotatable bonds is 6. The van der Waals surface area contributed by atoms with Crippen molar-refractivity contribution >= 4 is 83.6 Å². The molecule has 7 nitrogen and oxygen atoms in total. The van der Waals surface area contributed by atoms with Crippen molar-refractivity contribution in [3.8, 4) is 0 Å². The number of fused-ring (bicyclic) bond motifs is 1. The summed E-state index contributed by atoms with van der Waals surface area (Å²) in [4.78, 5) is 18.0. The first-order chi connectivity index (χ1) is 15.7. The second-order valence-corrected chi connectivity index (χ2v) is 13.1. The van der Waals surface area contributed by atoms with Gasteiger partial charge in [-0.05, 0) is 37.1 Å². The molecule has 3 heterocycles. The van der Waals surface area contributed by atoms with Gasteiger partial charge in [0.05, 0.1) is 37.1 Å². The van der Waals surface area contributed by atoms with Gasteiger partial charge in [0.25, 0.3) is 15.9 Å². The minimum absolute atomic E-state index is 0.0741. The van der Waals surface area contributed by atoms with Crippen LogP contribution in [0.4, 0.5) is 0 Å². The van der Waals surface area contributed by atoms with Gasteiger partial charge in [0.1, 0.15) is 4.21 Å². The third-order valence-electron chi connectivity index (χ3n) is 5.33. The molecular weight excluding hydrogens is 549 g/mol. The standard InChI is InChI=1S/C20H20Cl3N3O4S3/c1-30-10-9-26-17-13(21)4-5-14(22)18(17)32-20(26)24-19(27)12-3-2-8-25(11-12)33(28,29)16-7-6-15(23)31-16/h4-7,12H,2-3,8-11H2,1H3. The maximum atomic E-state index is 13.1. The van der Waals surface area contributed by atoms with E-state index in [4.69, 9.17) is 39.5 Å². The van der Waals surface area contributed by atoms with Gasteiger partial charge < -0.3 is 9.30 Å². The van der Waals surface area contributed by atoms with E-state index in [0.29, 0.717) is 57.2 Å². The highest BCUT2D eigenvalue weighted by Crippen LogP contribution is 2.33. The van der Waals surface area contributed by atoms with E-state index in [-0.39, 0.29) is 16.7 Å². The largest absolute Gasteiger partial charge is 0.383 e. The third-order valence-corrected chi connectivity index (χ3v) is 10.7. The Labute approximate surface area is 214 Å². The van der Waals surface area contributed by atoms with Crippen molar-refractivity contribution in [1.82, 2.24) is 8.87 Å². The number of amides is 1. The number of hydrogen-bond acceptors (Lipinski definition) is 6. The van der Waals surface area contributed by atoms with Crippen LogP contribution in [0.5, 0.6) is 0 Å². The van der Waals surface area contributed by atoms with Gasteiger partial charge in [-0.3, -0.25) is 4.79 Å². The number of halogens is 3. The van der Waals surface area contributed by atoms with Crippen molar-refractivity contribution < 1.29 is 17.9 Å². The number of hydrogen-bond donors (Lipinski definition) is 0. The van der Waals surface area contributed by atoms with Crippen molar-refractivity contribution in [2.24, 2.45) is 10.9 Å². The molecule has 0 saturated carbocycles. The molecule has 1 saturated heterocycles. The van der Waals surface area contributed by atoms with Gasteiger partial charge in [-0.1, -0.05) is 46.1 Å². The Morgan fingerprint density at radius 1 is 1.18 bits per heavy atom. The van der Waals surface area contributed by atoms with Crippen molar-refractivity contribution in [3.05, 3.63) is 43.4 Å². The number of methoxy groups -OCH3 is 1. The van der Waals surface area contributed by atoms with Crippen LogP contribution in [-0.4, -0.2) is 50.0 Å². The number of thiazole rings is 1. The molecule has 1 unspecified atom stereocenters. The van der Waals surface area contributed by atoms with Crippen LogP contribution >= 0.6 is 57.5 Å². The molecule has 1 amide bonds. The highest BCUT2D eigenvalue weighted by atomic mass is 35.5. The first kappa shape index (κ1) is 25.1. The second-order valence-electron chi connectivity index (χ2n) is 7.45. The van der Waals surface area contributed by atoms with E-state index in [2.05, 4.69) is 4.99 Å². The number of benzene rings is 1. The van der Waals surface area contributed by atoms with E-state index < -0.39 is 15.9 Å². The summed E-state index contributed by atoms with van der Waals surface area (Å²) in [6.45, 7) is 1.26. The molecule has 1 aliphatic rings. The zero-order chi connectivity index (χ0) is 23.8. The van der Waals surface area contributed by atoms with E-state index in [1.807, 2.05) is 4.57 Å². The van der Waals surface area contributed by atoms with E-state index in [1.165, 1.54) is 21.7 Å². The smallest absolute Gasteiger partial charge is 0.252 e. The Balaban J connectivity index is 1.66. The Morgan fingerprint density at radius 2 is 1.94 bits per heavy atom. The molecule has 13 heteroatoms. The maximum absolute atomic E-state index is 13.1. The lowest BCUT2D eigenvalue weighted by atomic mass is 9.99. The van der Waals surface area contributed by atoms with Crippen LogP contribution in [0.1, 0.15) is 12.8 Å². The average molecular weight is 569 g/mol. The fourth-order valence-electron chi connectivity index (χ4n) is 3.70. The summed E-state index contributed by atoms with van der Waals surface area (Å²) in [5.41, 5.74) is 0.695. The SMILES string of the molecule is COCCn1c(=NC(=O)C2CCCN(S(=O)(=O)c3ccc(Cl)s3)C2)sc2c(Cl)ccc(Cl)c21. The first-order valence-electron chi connectivity index (χ1n) is 10.0. The number of sulfonamides is 1. The molecule has 3 aromatic rings. The predicted octanol–water partition coefficient (Wildman–Crippen LogP) is 4.90. The van der Waals surface area contributed by atoms with Crippen molar-refractivity contribution in [2.75, 3.05) is 26.8 Å². The molecule has 1 fully saturated rings. The average Bonchev–Trinajstić information content (AvgIpc) is 3.40. The normalized spacial score (nSPS) is 18.3. The predicted molar refractivity (Wildman–Crippen MR) is 133 cm³/mol. The number of piperidine rings is 1. The number of aromatic nitrogens is 1. The zero-order valence-electron chi connectivity index (χ0n) is 17.5. The highest BCUT2D eigenvalue weighted by Gasteiger charge is 2.34. The van der Waals surface area contributed by atoms with Crippen LogP contribution < -0.4 is 4.80 Å².